The maximum Gasteiger partial charge on any atom is 0.252 e. The number of amides is 1. The molecule has 3 N–H and O–H groups in total. The van der Waals surface area contributed by atoms with E-state index in [-0.39, 0.29) is 16.1 Å². The molecule has 1 aromatic rings. The summed E-state index contributed by atoms with van der Waals surface area (Å²) < 4.78 is 36.3. The van der Waals surface area contributed by atoms with Crippen LogP contribution < -0.4 is 10.5 Å². The molecule has 5 nitrogen and oxygen atoms in total. The maximum absolute atomic E-state index is 13.5. The first-order valence-electron chi connectivity index (χ1n) is 6.53. The van der Waals surface area contributed by atoms with Crippen LogP contribution in [-0.4, -0.2) is 20.4 Å². The average molecular weight is 381 g/mol. The molecule has 0 heterocycles. The first kappa shape index (κ1) is 18.1. The van der Waals surface area contributed by atoms with Crippen LogP contribution in [0, 0.1) is 5.82 Å². The lowest BCUT2D eigenvalue weighted by atomic mass is 10.1. The van der Waals surface area contributed by atoms with Crippen molar-refractivity contribution in [2.45, 2.75) is 44.0 Å². The molecule has 0 saturated heterocycles. The summed E-state index contributed by atoms with van der Waals surface area (Å²) in [5.41, 5.74) is -0.0893. The Morgan fingerprint density at radius 1 is 1.43 bits per heavy atom. The Labute approximate surface area is 132 Å². The Hall–Kier alpha value is -0.990. The molecule has 0 aliphatic carbocycles. The van der Waals surface area contributed by atoms with Crippen LogP contribution in [0.15, 0.2) is 21.5 Å². The van der Waals surface area contributed by atoms with Crippen molar-refractivity contribution in [3.8, 4) is 0 Å². The summed E-state index contributed by atoms with van der Waals surface area (Å²) in [5.74, 6) is -1.37. The van der Waals surface area contributed by atoms with Crippen molar-refractivity contribution in [3.63, 3.8) is 0 Å². The molecule has 0 bridgehead atoms. The number of halogens is 2. The van der Waals surface area contributed by atoms with E-state index in [0.717, 1.165) is 31.4 Å². The summed E-state index contributed by atoms with van der Waals surface area (Å²) in [6, 6.07) is 1.71. The first-order chi connectivity index (χ1) is 9.70. The van der Waals surface area contributed by atoms with Crippen LogP contribution >= 0.6 is 15.9 Å². The van der Waals surface area contributed by atoms with E-state index in [9.17, 15) is 17.6 Å². The number of hydrogen-bond acceptors (Lipinski definition) is 3. The number of sulfonamides is 1. The average Bonchev–Trinajstić information content (AvgIpc) is 2.39. The van der Waals surface area contributed by atoms with Gasteiger partial charge in [-0.1, -0.05) is 20.3 Å². The third-order valence-corrected chi connectivity index (χ3v) is 5.07. The third kappa shape index (κ3) is 4.76. The topological polar surface area (TPSA) is 89.3 Å². The molecule has 0 fully saturated rings. The molecule has 1 rings (SSSR count). The van der Waals surface area contributed by atoms with Crippen molar-refractivity contribution < 1.29 is 17.6 Å². The van der Waals surface area contributed by atoms with Crippen LogP contribution in [0.4, 0.5) is 4.39 Å². The Balaban J connectivity index is 3.19. The van der Waals surface area contributed by atoms with Crippen molar-refractivity contribution >= 4 is 31.9 Å². The predicted octanol–water partition coefficient (Wildman–Crippen LogP) is 2.54. The maximum atomic E-state index is 13.5. The fourth-order valence-electron chi connectivity index (χ4n) is 1.93. The molecule has 8 heteroatoms. The van der Waals surface area contributed by atoms with Gasteiger partial charge < -0.3 is 5.32 Å². The second-order valence-electron chi connectivity index (χ2n) is 4.68. The normalized spacial score (nSPS) is 13.0. The van der Waals surface area contributed by atoms with Crippen molar-refractivity contribution in [2.24, 2.45) is 5.14 Å². The molecule has 1 aromatic carbocycles. The lowest BCUT2D eigenvalue weighted by Gasteiger charge is -2.17. The molecule has 1 amide bonds. The Kier molecular flexibility index (Phi) is 6.30. The summed E-state index contributed by atoms with van der Waals surface area (Å²) in [4.78, 5) is 11.7. The Morgan fingerprint density at radius 3 is 2.52 bits per heavy atom. The van der Waals surface area contributed by atoms with Crippen molar-refractivity contribution in [1.82, 2.24) is 5.32 Å². The molecule has 0 aliphatic heterocycles. The standard InChI is InChI=1S/C13H18BrFN2O3S/c1-3-5-9(4-2)17-13(18)10-6-8(15)7-11(12(10)14)21(16,19)20/h6-7,9H,3-5H2,1-2H3,(H,17,18)(H2,16,19,20). The lowest BCUT2D eigenvalue weighted by molar-refractivity contribution is 0.0932. The highest BCUT2D eigenvalue weighted by Gasteiger charge is 2.22. The summed E-state index contributed by atoms with van der Waals surface area (Å²) >= 11 is 3.02. The minimum absolute atomic E-state index is 0.0322. The van der Waals surface area contributed by atoms with Crippen LogP contribution in [0.3, 0.4) is 0 Å². The number of hydrogen-bond donors (Lipinski definition) is 2. The molecule has 0 aromatic heterocycles. The molecule has 21 heavy (non-hydrogen) atoms. The number of carbonyl (C=O) groups is 1. The van der Waals surface area contributed by atoms with E-state index in [0.29, 0.717) is 0 Å². The fourth-order valence-corrected chi connectivity index (χ4v) is 3.65. The minimum Gasteiger partial charge on any atom is -0.349 e. The van der Waals surface area contributed by atoms with E-state index < -0.39 is 26.6 Å². The van der Waals surface area contributed by atoms with Crippen molar-refractivity contribution in [2.75, 3.05) is 0 Å². The van der Waals surface area contributed by atoms with Gasteiger partial charge in [0.05, 0.1) is 14.9 Å². The number of nitrogens with one attached hydrogen (secondary N) is 1. The Morgan fingerprint density at radius 2 is 2.05 bits per heavy atom. The fraction of sp³-hybridized carbons (Fsp3) is 0.462. The number of carbonyl (C=O) groups excluding carboxylic acids is 1. The van der Waals surface area contributed by atoms with E-state index in [1.807, 2.05) is 13.8 Å². The molecule has 0 saturated carbocycles. The van der Waals surface area contributed by atoms with Gasteiger partial charge in [0.25, 0.3) is 5.91 Å². The largest absolute Gasteiger partial charge is 0.349 e. The monoisotopic (exact) mass is 380 g/mol. The van der Waals surface area contributed by atoms with Gasteiger partial charge >= 0.3 is 0 Å². The molecule has 118 valence electrons. The number of benzene rings is 1. The second-order valence-corrected chi connectivity index (χ2v) is 7.00. The van der Waals surface area contributed by atoms with Crippen LogP contribution in [0.5, 0.6) is 0 Å². The third-order valence-electron chi connectivity index (χ3n) is 3.02. The Bertz CT molecular complexity index is 635. The quantitative estimate of drug-likeness (QED) is 0.794. The van der Waals surface area contributed by atoms with Crippen LogP contribution in [0.25, 0.3) is 0 Å². The van der Waals surface area contributed by atoms with Crippen LogP contribution in [-0.2, 0) is 10.0 Å². The van der Waals surface area contributed by atoms with Gasteiger partial charge in [0.15, 0.2) is 0 Å². The van der Waals surface area contributed by atoms with Gasteiger partial charge in [-0.25, -0.2) is 17.9 Å². The molecule has 1 atom stereocenters. The molecule has 1 unspecified atom stereocenters. The summed E-state index contributed by atoms with van der Waals surface area (Å²) in [7, 11) is -4.12. The van der Waals surface area contributed by atoms with Crippen molar-refractivity contribution in [1.29, 1.82) is 0 Å². The zero-order valence-corrected chi connectivity index (χ0v) is 14.2. The predicted molar refractivity (Wildman–Crippen MR) is 81.9 cm³/mol. The summed E-state index contributed by atoms with van der Waals surface area (Å²) in [6.07, 6.45) is 2.41. The lowest BCUT2D eigenvalue weighted by Crippen LogP contribution is -2.34. The van der Waals surface area contributed by atoms with Gasteiger partial charge in [0.2, 0.25) is 10.0 Å². The van der Waals surface area contributed by atoms with E-state index in [1.165, 1.54) is 0 Å². The molecule has 0 aliphatic rings. The smallest absolute Gasteiger partial charge is 0.252 e. The SMILES string of the molecule is CCCC(CC)NC(=O)c1cc(F)cc(S(N)(=O)=O)c1Br. The van der Waals surface area contributed by atoms with Crippen LogP contribution in [0.2, 0.25) is 0 Å². The zero-order chi connectivity index (χ0) is 16.2. The summed E-state index contributed by atoms with van der Waals surface area (Å²) in [6.45, 7) is 3.92. The molecular formula is C13H18BrFN2O3S. The molecular weight excluding hydrogens is 363 g/mol. The van der Waals surface area contributed by atoms with Crippen LogP contribution in [0.1, 0.15) is 43.5 Å². The molecule has 0 radical (unpaired) electrons. The van der Waals surface area contributed by atoms with Gasteiger partial charge in [0.1, 0.15) is 5.82 Å². The van der Waals surface area contributed by atoms with E-state index >= 15 is 0 Å². The van der Waals surface area contributed by atoms with Gasteiger partial charge in [-0.3, -0.25) is 4.79 Å². The van der Waals surface area contributed by atoms with E-state index in [4.69, 9.17) is 5.14 Å². The van der Waals surface area contributed by atoms with Gasteiger partial charge in [-0.05, 0) is 40.9 Å². The van der Waals surface area contributed by atoms with Gasteiger partial charge in [0, 0.05) is 6.04 Å². The molecule has 0 spiro atoms. The number of rotatable bonds is 6. The highest BCUT2D eigenvalue weighted by atomic mass is 79.9. The highest BCUT2D eigenvalue weighted by molar-refractivity contribution is 9.10. The summed E-state index contributed by atoms with van der Waals surface area (Å²) in [5, 5.41) is 7.77. The number of primary sulfonamides is 1. The second kappa shape index (κ2) is 7.33. The van der Waals surface area contributed by atoms with Crippen molar-refractivity contribution in [3.05, 3.63) is 28.0 Å². The first-order valence-corrected chi connectivity index (χ1v) is 8.87. The number of nitrogens with two attached hydrogens (primary N) is 1. The van der Waals surface area contributed by atoms with Gasteiger partial charge in [-0.15, -0.1) is 0 Å². The van der Waals surface area contributed by atoms with E-state index in [2.05, 4.69) is 21.2 Å². The minimum atomic E-state index is -4.12. The van der Waals surface area contributed by atoms with E-state index in [1.54, 1.807) is 0 Å². The highest BCUT2D eigenvalue weighted by Crippen LogP contribution is 2.26. The zero-order valence-electron chi connectivity index (χ0n) is 11.8. The van der Waals surface area contributed by atoms with Gasteiger partial charge in [-0.2, -0.15) is 0 Å².